The summed E-state index contributed by atoms with van der Waals surface area (Å²) < 4.78 is 7.67. The van der Waals surface area contributed by atoms with Gasteiger partial charge in [-0.1, -0.05) is 0 Å². The Morgan fingerprint density at radius 1 is 1.44 bits per heavy atom. The summed E-state index contributed by atoms with van der Waals surface area (Å²) in [5.41, 5.74) is 0.875. The van der Waals surface area contributed by atoms with Crippen molar-refractivity contribution in [2.75, 3.05) is 6.61 Å². The summed E-state index contributed by atoms with van der Waals surface area (Å²) in [7, 11) is 0. The minimum atomic E-state index is 0.318. The summed E-state index contributed by atoms with van der Waals surface area (Å²) in [4.78, 5) is 11.8. The molecule has 16 heavy (non-hydrogen) atoms. The fraction of sp³-hybridized carbons (Fsp3) is 0.615. The normalized spacial score (nSPS) is 24.9. The Morgan fingerprint density at radius 2 is 2.31 bits per heavy atom. The van der Waals surface area contributed by atoms with E-state index in [0.717, 1.165) is 38.0 Å². The molecule has 0 spiro atoms. The highest BCUT2D eigenvalue weighted by molar-refractivity contribution is 5.99. The predicted molar refractivity (Wildman–Crippen MR) is 60.5 cm³/mol. The van der Waals surface area contributed by atoms with Crippen molar-refractivity contribution in [3.05, 3.63) is 24.0 Å². The van der Waals surface area contributed by atoms with Gasteiger partial charge in [0.25, 0.3) is 0 Å². The first-order chi connectivity index (χ1) is 7.83. The molecule has 2 aliphatic rings. The van der Waals surface area contributed by atoms with Crippen LogP contribution in [0.15, 0.2) is 18.5 Å². The van der Waals surface area contributed by atoms with E-state index in [-0.39, 0.29) is 0 Å². The van der Waals surface area contributed by atoms with Crippen LogP contribution in [0.1, 0.15) is 36.0 Å². The maximum Gasteiger partial charge on any atom is 0.167 e. The van der Waals surface area contributed by atoms with Gasteiger partial charge in [0.15, 0.2) is 5.78 Å². The molecule has 2 fully saturated rings. The molecular weight excluding hydrogens is 202 g/mol. The predicted octanol–water partition coefficient (Wildman–Crippen LogP) is 2.26. The van der Waals surface area contributed by atoms with Gasteiger partial charge in [-0.25, -0.2) is 0 Å². The molecule has 2 heterocycles. The molecule has 1 atom stereocenters. The second-order valence-electron chi connectivity index (χ2n) is 4.87. The maximum absolute atomic E-state index is 11.8. The molecule has 1 aromatic rings. The number of ether oxygens (including phenoxy) is 1. The number of carbonyl (C=O) groups is 1. The van der Waals surface area contributed by atoms with Gasteiger partial charge >= 0.3 is 0 Å². The van der Waals surface area contributed by atoms with Crippen molar-refractivity contribution in [2.45, 2.75) is 38.3 Å². The van der Waals surface area contributed by atoms with E-state index in [1.165, 1.54) is 6.42 Å². The van der Waals surface area contributed by atoms with Gasteiger partial charge in [0, 0.05) is 37.0 Å². The number of ketones is 1. The van der Waals surface area contributed by atoms with Crippen molar-refractivity contribution in [1.29, 1.82) is 0 Å². The lowest BCUT2D eigenvalue weighted by molar-refractivity contribution is 0.0953. The van der Waals surface area contributed by atoms with Crippen LogP contribution in [0.2, 0.25) is 0 Å². The van der Waals surface area contributed by atoms with Crippen LogP contribution >= 0.6 is 0 Å². The van der Waals surface area contributed by atoms with Gasteiger partial charge in [0.05, 0.1) is 6.10 Å². The number of carbonyl (C=O) groups excluding carboxylic acids is 1. The molecular formula is C13H17NO2. The molecule has 3 heteroatoms. The fourth-order valence-corrected chi connectivity index (χ4v) is 2.30. The first-order valence-corrected chi connectivity index (χ1v) is 6.14. The summed E-state index contributed by atoms with van der Waals surface area (Å²) in [6.45, 7) is 1.78. The Kier molecular flexibility index (Phi) is 2.56. The van der Waals surface area contributed by atoms with E-state index >= 15 is 0 Å². The smallest absolute Gasteiger partial charge is 0.167 e. The molecule has 1 aliphatic carbocycles. The third kappa shape index (κ3) is 2.05. The van der Waals surface area contributed by atoms with Gasteiger partial charge in [-0.15, -0.1) is 0 Å². The van der Waals surface area contributed by atoms with Crippen molar-refractivity contribution in [3.8, 4) is 0 Å². The molecule has 1 aromatic heterocycles. The van der Waals surface area contributed by atoms with E-state index in [9.17, 15) is 4.79 Å². The van der Waals surface area contributed by atoms with Crippen molar-refractivity contribution in [1.82, 2.24) is 4.57 Å². The lowest BCUT2D eigenvalue weighted by atomic mass is 10.1. The van der Waals surface area contributed by atoms with E-state index in [4.69, 9.17) is 4.74 Å². The van der Waals surface area contributed by atoms with Crippen molar-refractivity contribution in [3.63, 3.8) is 0 Å². The third-order valence-corrected chi connectivity index (χ3v) is 3.42. The fourth-order valence-electron chi connectivity index (χ4n) is 2.30. The van der Waals surface area contributed by atoms with E-state index in [2.05, 4.69) is 4.57 Å². The molecule has 1 saturated heterocycles. The summed E-state index contributed by atoms with van der Waals surface area (Å²) >= 11 is 0. The summed E-state index contributed by atoms with van der Waals surface area (Å²) in [6.07, 6.45) is 8.78. The number of aromatic nitrogens is 1. The van der Waals surface area contributed by atoms with Crippen molar-refractivity contribution >= 4 is 5.78 Å². The molecule has 1 saturated carbocycles. The first-order valence-electron chi connectivity index (χ1n) is 6.14. The first kappa shape index (κ1) is 10.1. The van der Waals surface area contributed by atoms with Crippen LogP contribution in [0.4, 0.5) is 0 Å². The van der Waals surface area contributed by atoms with Crippen LogP contribution in [-0.2, 0) is 11.3 Å². The van der Waals surface area contributed by atoms with E-state index < -0.39 is 0 Å². The van der Waals surface area contributed by atoms with Crippen LogP contribution in [0.5, 0.6) is 0 Å². The molecule has 0 aromatic carbocycles. The number of Topliss-reactive ketones (excluding diaryl/α,β-unsaturated/α-hetero) is 1. The zero-order valence-electron chi connectivity index (χ0n) is 9.39. The second kappa shape index (κ2) is 4.06. The Bertz CT molecular complexity index is 386. The Morgan fingerprint density at radius 3 is 3.00 bits per heavy atom. The lowest BCUT2D eigenvalue weighted by Gasteiger charge is -2.09. The minimum absolute atomic E-state index is 0.318. The van der Waals surface area contributed by atoms with Crippen molar-refractivity contribution < 1.29 is 9.53 Å². The Labute approximate surface area is 95.4 Å². The van der Waals surface area contributed by atoms with Gasteiger partial charge in [-0.2, -0.15) is 0 Å². The van der Waals surface area contributed by atoms with Gasteiger partial charge in [0.2, 0.25) is 0 Å². The standard InChI is InChI=1S/C13H17NO2/c15-13(10-3-4-10)11-5-6-14(8-11)9-12-2-1-7-16-12/h5-6,8,10,12H,1-4,7,9H2. The number of rotatable bonds is 4. The average molecular weight is 219 g/mol. The highest BCUT2D eigenvalue weighted by Gasteiger charge is 2.30. The van der Waals surface area contributed by atoms with Crippen LogP contribution in [0.25, 0.3) is 0 Å². The molecule has 3 nitrogen and oxygen atoms in total. The summed E-state index contributed by atoms with van der Waals surface area (Å²) in [5, 5.41) is 0. The van der Waals surface area contributed by atoms with Crippen LogP contribution in [-0.4, -0.2) is 23.1 Å². The monoisotopic (exact) mass is 219 g/mol. The van der Waals surface area contributed by atoms with E-state index in [1.807, 2.05) is 18.5 Å². The SMILES string of the molecule is O=C(c1ccn(CC2CCCO2)c1)C1CC1. The van der Waals surface area contributed by atoms with Gasteiger partial charge in [0.1, 0.15) is 0 Å². The lowest BCUT2D eigenvalue weighted by Crippen LogP contribution is -2.13. The zero-order valence-corrected chi connectivity index (χ0v) is 9.39. The summed E-state index contributed by atoms with van der Waals surface area (Å²) in [6, 6.07) is 1.94. The van der Waals surface area contributed by atoms with Crippen LogP contribution in [0, 0.1) is 5.92 Å². The van der Waals surface area contributed by atoms with Crippen LogP contribution < -0.4 is 0 Å². The van der Waals surface area contributed by atoms with Crippen LogP contribution in [0.3, 0.4) is 0 Å². The molecule has 86 valence electrons. The van der Waals surface area contributed by atoms with Gasteiger partial charge in [-0.05, 0) is 31.7 Å². The van der Waals surface area contributed by atoms with E-state index in [1.54, 1.807) is 0 Å². The minimum Gasteiger partial charge on any atom is -0.376 e. The van der Waals surface area contributed by atoms with E-state index in [0.29, 0.717) is 17.8 Å². The third-order valence-electron chi connectivity index (χ3n) is 3.42. The highest BCUT2D eigenvalue weighted by atomic mass is 16.5. The second-order valence-corrected chi connectivity index (χ2v) is 4.87. The average Bonchev–Trinajstić information content (AvgIpc) is 2.82. The molecule has 1 unspecified atom stereocenters. The molecule has 1 aliphatic heterocycles. The molecule has 0 radical (unpaired) electrons. The van der Waals surface area contributed by atoms with Crippen molar-refractivity contribution in [2.24, 2.45) is 5.92 Å². The highest BCUT2D eigenvalue weighted by Crippen LogP contribution is 2.32. The summed E-state index contributed by atoms with van der Waals surface area (Å²) in [5.74, 6) is 0.643. The molecule has 3 rings (SSSR count). The molecule has 0 N–H and O–H groups in total. The molecule has 0 amide bonds. The topological polar surface area (TPSA) is 31.2 Å². The van der Waals surface area contributed by atoms with Gasteiger partial charge < -0.3 is 9.30 Å². The zero-order chi connectivity index (χ0) is 11.0. The number of nitrogens with zero attached hydrogens (tertiary/aromatic N) is 1. The number of hydrogen-bond donors (Lipinski definition) is 0. The Hall–Kier alpha value is -1.09. The van der Waals surface area contributed by atoms with Gasteiger partial charge in [-0.3, -0.25) is 4.79 Å². The number of hydrogen-bond acceptors (Lipinski definition) is 2. The quantitative estimate of drug-likeness (QED) is 0.727. The Balaban J connectivity index is 1.64. The molecule has 0 bridgehead atoms. The maximum atomic E-state index is 11.8. The largest absolute Gasteiger partial charge is 0.376 e.